The lowest BCUT2D eigenvalue weighted by molar-refractivity contribution is -0.119. The van der Waals surface area contributed by atoms with Crippen LogP contribution >= 0.6 is 40.1 Å². The molecule has 0 aliphatic carbocycles. The molecule has 1 aromatic rings. The van der Waals surface area contributed by atoms with Gasteiger partial charge in [0.2, 0.25) is 5.91 Å². The highest BCUT2D eigenvalue weighted by Gasteiger charge is 1.99. The summed E-state index contributed by atoms with van der Waals surface area (Å²) in [7, 11) is 0. The molecule has 102 valence electrons. The number of hydrogen-bond donors (Lipinski definition) is 2. The fraction of sp³-hybridized carbons (Fsp3) is 0.417. The Hall–Kier alpha value is -0.230. The van der Waals surface area contributed by atoms with Gasteiger partial charge in [-0.15, -0.1) is 24.2 Å². The average Bonchev–Trinajstić information content (AvgIpc) is 2.35. The standard InChI is InChI=1S/C12H17BrN2OS.ClH/c13-10-5-1-2-6-11(10)17-8-4-3-7-15-12(16)9-14;/h1-2,5-6H,3-4,7-9,14H2,(H,15,16);1H. The summed E-state index contributed by atoms with van der Waals surface area (Å²) in [6.07, 6.45) is 2.07. The first-order valence-electron chi connectivity index (χ1n) is 5.58. The number of hydrogen-bond acceptors (Lipinski definition) is 3. The highest BCUT2D eigenvalue weighted by atomic mass is 79.9. The van der Waals surface area contributed by atoms with E-state index in [0.717, 1.165) is 23.1 Å². The van der Waals surface area contributed by atoms with E-state index in [1.807, 2.05) is 30.0 Å². The van der Waals surface area contributed by atoms with Gasteiger partial charge in [0.15, 0.2) is 0 Å². The Morgan fingerprint density at radius 3 is 2.72 bits per heavy atom. The minimum atomic E-state index is -0.0801. The molecular weight excluding hydrogens is 336 g/mol. The molecule has 1 rings (SSSR count). The summed E-state index contributed by atoms with van der Waals surface area (Å²) in [4.78, 5) is 12.1. The molecule has 0 saturated heterocycles. The van der Waals surface area contributed by atoms with Gasteiger partial charge in [-0.25, -0.2) is 0 Å². The van der Waals surface area contributed by atoms with Gasteiger partial charge in [0, 0.05) is 15.9 Å². The van der Waals surface area contributed by atoms with Crippen molar-refractivity contribution in [3.8, 4) is 0 Å². The van der Waals surface area contributed by atoms with Crippen LogP contribution in [0.4, 0.5) is 0 Å². The molecule has 0 heterocycles. The first kappa shape index (κ1) is 17.8. The van der Waals surface area contributed by atoms with Gasteiger partial charge in [-0.3, -0.25) is 4.79 Å². The van der Waals surface area contributed by atoms with Crippen molar-refractivity contribution in [1.82, 2.24) is 5.32 Å². The Kier molecular flexibility index (Phi) is 10.5. The molecule has 6 heteroatoms. The Labute approximate surface area is 127 Å². The molecule has 0 aromatic heterocycles. The van der Waals surface area contributed by atoms with E-state index >= 15 is 0 Å². The Balaban J connectivity index is 0.00000289. The molecule has 0 fully saturated rings. The molecule has 0 aliphatic rings. The molecule has 0 aliphatic heterocycles. The number of rotatable bonds is 7. The van der Waals surface area contributed by atoms with Gasteiger partial charge in [0.05, 0.1) is 6.54 Å². The van der Waals surface area contributed by atoms with Gasteiger partial charge in [0.25, 0.3) is 0 Å². The van der Waals surface area contributed by atoms with Crippen molar-refractivity contribution >= 4 is 46.0 Å². The fourth-order valence-electron chi connectivity index (χ4n) is 1.27. The summed E-state index contributed by atoms with van der Waals surface area (Å²) in [6.45, 7) is 0.790. The zero-order chi connectivity index (χ0) is 12.5. The summed E-state index contributed by atoms with van der Waals surface area (Å²) in [5.74, 6) is 0.977. The van der Waals surface area contributed by atoms with Crippen LogP contribution in [0.1, 0.15) is 12.8 Å². The number of carbonyl (C=O) groups is 1. The Bertz CT molecular complexity index is 366. The lowest BCUT2D eigenvalue weighted by atomic mass is 10.3. The van der Waals surface area contributed by atoms with Crippen molar-refractivity contribution in [2.24, 2.45) is 5.73 Å². The predicted octanol–water partition coefficient (Wildman–Crippen LogP) is 2.82. The first-order chi connectivity index (χ1) is 8.24. The van der Waals surface area contributed by atoms with Crippen LogP contribution in [0.15, 0.2) is 33.6 Å². The molecule has 0 bridgehead atoms. The Morgan fingerprint density at radius 2 is 2.06 bits per heavy atom. The van der Waals surface area contributed by atoms with Crippen LogP contribution in [0.3, 0.4) is 0 Å². The van der Waals surface area contributed by atoms with E-state index in [4.69, 9.17) is 5.73 Å². The normalized spacial score (nSPS) is 9.67. The number of nitrogens with two attached hydrogens (primary N) is 1. The fourth-order valence-corrected chi connectivity index (χ4v) is 2.85. The van der Waals surface area contributed by atoms with Gasteiger partial charge in [-0.2, -0.15) is 0 Å². The number of thioether (sulfide) groups is 1. The van der Waals surface area contributed by atoms with Crippen LogP contribution in [-0.2, 0) is 4.79 Å². The van der Waals surface area contributed by atoms with Crippen molar-refractivity contribution in [3.05, 3.63) is 28.7 Å². The van der Waals surface area contributed by atoms with E-state index in [2.05, 4.69) is 27.3 Å². The van der Waals surface area contributed by atoms with Gasteiger partial charge in [-0.1, -0.05) is 12.1 Å². The van der Waals surface area contributed by atoms with Crippen molar-refractivity contribution in [1.29, 1.82) is 0 Å². The first-order valence-corrected chi connectivity index (χ1v) is 7.36. The lowest BCUT2D eigenvalue weighted by Gasteiger charge is -2.05. The number of amides is 1. The van der Waals surface area contributed by atoms with Crippen LogP contribution in [0.2, 0.25) is 0 Å². The van der Waals surface area contributed by atoms with Gasteiger partial charge in [-0.05, 0) is 46.7 Å². The number of halogens is 2. The third-order valence-corrected chi connectivity index (χ3v) is 4.29. The third-order valence-electron chi connectivity index (χ3n) is 2.17. The molecule has 0 unspecified atom stereocenters. The molecule has 0 spiro atoms. The second-order valence-corrected chi connectivity index (χ2v) is 5.53. The van der Waals surface area contributed by atoms with E-state index in [1.54, 1.807) is 0 Å². The molecule has 0 saturated carbocycles. The van der Waals surface area contributed by atoms with E-state index in [0.29, 0.717) is 6.54 Å². The van der Waals surface area contributed by atoms with E-state index in [-0.39, 0.29) is 24.9 Å². The number of unbranched alkanes of at least 4 members (excludes halogenated alkanes) is 1. The molecule has 1 amide bonds. The van der Waals surface area contributed by atoms with Crippen LogP contribution in [0.5, 0.6) is 0 Å². The maximum atomic E-state index is 10.9. The third kappa shape index (κ3) is 7.26. The molecule has 0 atom stereocenters. The van der Waals surface area contributed by atoms with E-state index in [9.17, 15) is 4.79 Å². The van der Waals surface area contributed by atoms with Crippen LogP contribution in [-0.4, -0.2) is 24.7 Å². The number of carbonyl (C=O) groups excluding carboxylic acids is 1. The van der Waals surface area contributed by atoms with Crippen molar-refractivity contribution < 1.29 is 4.79 Å². The van der Waals surface area contributed by atoms with Crippen molar-refractivity contribution in [2.75, 3.05) is 18.8 Å². The van der Waals surface area contributed by atoms with Gasteiger partial charge < -0.3 is 11.1 Å². The second-order valence-electron chi connectivity index (χ2n) is 3.54. The monoisotopic (exact) mass is 352 g/mol. The SMILES string of the molecule is Cl.NCC(=O)NCCCCSc1ccccc1Br. The number of nitrogens with one attached hydrogen (secondary N) is 1. The zero-order valence-electron chi connectivity index (χ0n) is 10.0. The predicted molar refractivity (Wildman–Crippen MR) is 83.4 cm³/mol. The minimum absolute atomic E-state index is 0. The Morgan fingerprint density at radius 1 is 1.33 bits per heavy atom. The van der Waals surface area contributed by atoms with E-state index < -0.39 is 0 Å². The summed E-state index contributed by atoms with van der Waals surface area (Å²) in [6, 6.07) is 8.19. The quantitative estimate of drug-likeness (QED) is 0.585. The summed E-state index contributed by atoms with van der Waals surface area (Å²) < 4.78 is 1.14. The van der Waals surface area contributed by atoms with Crippen molar-refractivity contribution in [3.63, 3.8) is 0 Å². The molecule has 3 nitrogen and oxygen atoms in total. The maximum Gasteiger partial charge on any atom is 0.233 e. The molecule has 3 N–H and O–H groups in total. The van der Waals surface area contributed by atoms with Gasteiger partial charge >= 0.3 is 0 Å². The smallest absolute Gasteiger partial charge is 0.233 e. The highest BCUT2D eigenvalue weighted by molar-refractivity contribution is 9.10. The minimum Gasteiger partial charge on any atom is -0.355 e. The largest absolute Gasteiger partial charge is 0.355 e. The molecular formula is C12H18BrClN2OS. The maximum absolute atomic E-state index is 10.9. The topological polar surface area (TPSA) is 55.1 Å². The number of benzene rings is 1. The summed E-state index contributed by atoms with van der Waals surface area (Å²) in [5.41, 5.74) is 5.18. The highest BCUT2D eigenvalue weighted by Crippen LogP contribution is 2.27. The average molecular weight is 354 g/mol. The molecule has 18 heavy (non-hydrogen) atoms. The van der Waals surface area contributed by atoms with Crippen LogP contribution in [0.25, 0.3) is 0 Å². The van der Waals surface area contributed by atoms with Crippen LogP contribution in [0, 0.1) is 0 Å². The summed E-state index contributed by atoms with van der Waals surface area (Å²) in [5, 5.41) is 2.76. The van der Waals surface area contributed by atoms with E-state index in [1.165, 1.54) is 4.90 Å². The zero-order valence-corrected chi connectivity index (χ0v) is 13.2. The van der Waals surface area contributed by atoms with Crippen molar-refractivity contribution in [2.45, 2.75) is 17.7 Å². The second kappa shape index (κ2) is 10.7. The van der Waals surface area contributed by atoms with Gasteiger partial charge in [0.1, 0.15) is 0 Å². The lowest BCUT2D eigenvalue weighted by Crippen LogP contribution is -2.30. The molecule has 0 radical (unpaired) electrons. The van der Waals surface area contributed by atoms with Crippen LogP contribution < -0.4 is 11.1 Å². The molecule has 1 aromatic carbocycles. The summed E-state index contributed by atoms with van der Waals surface area (Å²) >= 11 is 5.34.